The zero-order chi connectivity index (χ0) is 18.4. The summed E-state index contributed by atoms with van der Waals surface area (Å²) >= 11 is 1.56. The van der Waals surface area contributed by atoms with Crippen molar-refractivity contribution in [3.63, 3.8) is 0 Å². The van der Waals surface area contributed by atoms with E-state index in [-0.39, 0.29) is 5.91 Å². The van der Waals surface area contributed by atoms with Gasteiger partial charge in [0.05, 0.1) is 19.3 Å². The van der Waals surface area contributed by atoms with Crippen molar-refractivity contribution in [3.05, 3.63) is 65.7 Å². The van der Waals surface area contributed by atoms with Crippen LogP contribution < -0.4 is 14.8 Å². The number of nitrogens with one attached hydrogen (secondary N) is 1. The number of methoxy groups -OCH3 is 1. The van der Waals surface area contributed by atoms with Crippen molar-refractivity contribution in [1.29, 1.82) is 0 Å². The molecule has 1 aromatic heterocycles. The van der Waals surface area contributed by atoms with E-state index in [1.807, 2.05) is 47.8 Å². The van der Waals surface area contributed by atoms with Crippen LogP contribution in [0.1, 0.15) is 12.6 Å². The van der Waals surface area contributed by atoms with Gasteiger partial charge in [0.1, 0.15) is 5.01 Å². The first-order valence-electron chi connectivity index (χ1n) is 8.24. The lowest BCUT2D eigenvalue weighted by Gasteiger charge is -2.16. The maximum atomic E-state index is 12.3. The minimum Gasteiger partial charge on any atom is -0.493 e. The second-order valence-corrected chi connectivity index (χ2v) is 6.50. The molecule has 5 nitrogen and oxygen atoms in total. The molecule has 0 aliphatic heterocycles. The van der Waals surface area contributed by atoms with Crippen LogP contribution in [0.15, 0.2) is 60.0 Å². The van der Waals surface area contributed by atoms with Gasteiger partial charge in [-0.1, -0.05) is 42.5 Å². The van der Waals surface area contributed by atoms with Gasteiger partial charge in [-0.25, -0.2) is 4.98 Å². The van der Waals surface area contributed by atoms with Crippen molar-refractivity contribution in [2.24, 2.45) is 0 Å². The number of rotatable bonds is 7. The molecule has 1 amide bonds. The summed E-state index contributed by atoms with van der Waals surface area (Å²) in [5.74, 6) is 0.932. The lowest BCUT2D eigenvalue weighted by Crippen LogP contribution is -2.36. The monoisotopic (exact) mass is 368 g/mol. The Hall–Kier alpha value is -2.86. The topological polar surface area (TPSA) is 60.5 Å². The van der Waals surface area contributed by atoms with Crippen LogP contribution in [0.2, 0.25) is 0 Å². The van der Waals surface area contributed by atoms with E-state index in [4.69, 9.17) is 9.47 Å². The molecule has 0 bridgehead atoms. The minimum atomic E-state index is -0.640. The van der Waals surface area contributed by atoms with Crippen LogP contribution in [0.3, 0.4) is 0 Å². The Balaban J connectivity index is 1.56. The Bertz CT molecular complexity index is 864. The molecule has 0 aliphatic carbocycles. The fraction of sp³-hybridized carbons (Fsp3) is 0.200. The third kappa shape index (κ3) is 4.40. The van der Waals surface area contributed by atoms with Crippen molar-refractivity contribution in [1.82, 2.24) is 10.3 Å². The first-order chi connectivity index (χ1) is 12.7. The molecule has 134 valence electrons. The molecule has 26 heavy (non-hydrogen) atoms. The number of ether oxygens (including phenoxy) is 2. The molecule has 0 saturated carbocycles. The number of benzene rings is 2. The number of carbonyl (C=O) groups excluding carboxylic acids is 1. The highest BCUT2D eigenvalue weighted by atomic mass is 32.1. The maximum Gasteiger partial charge on any atom is 0.261 e. The van der Waals surface area contributed by atoms with E-state index in [9.17, 15) is 4.79 Å². The van der Waals surface area contributed by atoms with Crippen molar-refractivity contribution in [2.75, 3.05) is 7.11 Å². The first-order valence-corrected chi connectivity index (χ1v) is 9.12. The van der Waals surface area contributed by atoms with Crippen molar-refractivity contribution < 1.29 is 14.3 Å². The molecule has 0 spiro atoms. The first kappa shape index (κ1) is 17.9. The van der Waals surface area contributed by atoms with Crippen LogP contribution in [0.5, 0.6) is 11.5 Å². The number of aromatic nitrogens is 1. The number of para-hydroxylation sites is 2. The number of nitrogens with zero attached hydrogens (tertiary/aromatic N) is 1. The number of hydrogen-bond donors (Lipinski definition) is 1. The fourth-order valence-corrected chi connectivity index (χ4v) is 3.21. The zero-order valence-electron chi connectivity index (χ0n) is 14.6. The van der Waals surface area contributed by atoms with Gasteiger partial charge >= 0.3 is 0 Å². The molecule has 0 fully saturated rings. The minimum absolute atomic E-state index is 0.204. The Labute approximate surface area is 156 Å². The predicted octanol–water partition coefficient (Wildman–Crippen LogP) is 3.90. The highest BCUT2D eigenvalue weighted by molar-refractivity contribution is 7.13. The van der Waals surface area contributed by atoms with Crippen molar-refractivity contribution >= 4 is 17.2 Å². The molecule has 0 radical (unpaired) electrons. The van der Waals surface area contributed by atoms with Crippen LogP contribution in [0.25, 0.3) is 10.6 Å². The summed E-state index contributed by atoms with van der Waals surface area (Å²) in [7, 11) is 1.57. The largest absolute Gasteiger partial charge is 0.493 e. The Morgan fingerprint density at radius 2 is 1.81 bits per heavy atom. The third-order valence-electron chi connectivity index (χ3n) is 3.76. The highest BCUT2D eigenvalue weighted by Gasteiger charge is 2.17. The van der Waals surface area contributed by atoms with E-state index in [1.165, 1.54) is 0 Å². The van der Waals surface area contributed by atoms with Crippen LogP contribution in [-0.2, 0) is 11.3 Å². The number of thiazole rings is 1. The summed E-state index contributed by atoms with van der Waals surface area (Å²) in [6, 6.07) is 17.2. The Morgan fingerprint density at radius 3 is 2.54 bits per heavy atom. The van der Waals surface area contributed by atoms with Gasteiger partial charge in [0.2, 0.25) is 0 Å². The molecule has 1 N–H and O–H groups in total. The second-order valence-electron chi connectivity index (χ2n) is 5.64. The average Bonchev–Trinajstić information content (AvgIpc) is 3.16. The summed E-state index contributed by atoms with van der Waals surface area (Å²) in [4.78, 5) is 16.9. The smallest absolute Gasteiger partial charge is 0.261 e. The fourth-order valence-electron chi connectivity index (χ4n) is 2.38. The van der Waals surface area contributed by atoms with Crippen LogP contribution >= 0.6 is 11.3 Å². The summed E-state index contributed by atoms with van der Waals surface area (Å²) in [5.41, 5.74) is 1.90. The molecule has 3 aromatic rings. The normalized spacial score (nSPS) is 11.6. The average molecular weight is 368 g/mol. The van der Waals surface area contributed by atoms with E-state index < -0.39 is 6.10 Å². The second kappa shape index (κ2) is 8.49. The van der Waals surface area contributed by atoms with Crippen LogP contribution in [0.4, 0.5) is 0 Å². The van der Waals surface area contributed by atoms with E-state index >= 15 is 0 Å². The van der Waals surface area contributed by atoms with Crippen LogP contribution in [0, 0.1) is 0 Å². The van der Waals surface area contributed by atoms with Gasteiger partial charge in [-0.2, -0.15) is 0 Å². The zero-order valence-corrected chi connectivity index (χ0v) is 15.5. The molecule has 2 aromatic carbocycles. The lowest BCUT2D eigenvalue weighted by atomic mass is 10.2. The molecule has 0 saturated heterocycles. The SMILES string of the molecule is COc1ccccc1O[C@@H](C)C(=O)NCc1csc(-c2ccccc2)n1. The molecule has 3 rings (SSSR count). The summed E-state index contributed by atoms with van der Waals surface area (Å²) in [6.45, 7) is 2.07. The van der Waals surface area contributed by atoms with E-state index in [1.54, 1.807) is 37.5 Å². The Morgan fingerprint density at radius 1 is 1.12 bits per heavy atom. The van der Waals surface area contributed by atoms with Gasteiger partial charge in [-0.15, -0.1) is 11.3 Å². The van der Waals surface area contributed by atoms with E-state index in [0.717, 1.165) is 16.3 Å². The van der Waals surface area contributed by atoms with Gasteiger partial charge in [0.25, 0.3) is 5.91 Å². The van der Waals surface area contributed by atoms with E-state index in [0.29, 0.717) is 18.0 Å². The molecule has 6 heteroatoms. The lowest BCUT2D eigenvalue weighted by molar-refractivity contribution is -0.127. The van der Waals surface area contributed by atoms with Crippen molar-refractivity contribution in [3.8, 4) is 22.1 Å². The van der Waals surface area contributed by atoms with Crippen molar-refractivity contribution in [2.45, 2.75) is 19.6 Å². The standard InChI is InChI=1S/C20H20N2O3S/c1-14(25-18-11-7-6-10-17(18)24-2)19(23)21-12-16-13-26-20(22-16)15-8-4-3-5-9-15/h3-11,13-14H,12H2,1-2H3,(H,21,23)/t14-/m0/s1. The van der Waals surface area contributed by atoms with Gasteiger partial charge in [0.15, 0.2) is 17.6 Å². The molecule has 0 aliphatic rings. The quantitative estimate of drug-likeness (QED) is 0.687. The van der Waals surface area contributed by atoms with Gasteiger partial charge in [-0.05, 0) is 19.1 Å². The highest BCUT2D eigenvalue weighted by Crippen LogP contribution is 2.27. The number of amides is 1. The molecule has 1 atom stereocenters. The van der Waals surface area contributed by atoms with Gasteiger partial charge in [0, 0.05) is 10.9 Å². The van der Waals surface area contributed by atoms with Gasteiger partial charge in [-0.3, -0.25) is 4.79 Å². The van der Waals surface area contributed by atoms with E-state index in [2.05, 4.69) is 10.3 Å². The summed E-state index contributed by atoms with van der Waals surface area (Å²) in [6.07, 6.45) is -0.640. The summed E-state index contributed by atoms with van der Waals surface area (Å²) in [5, 5.41) is 5.75. The Kier molecular flexibility index (Phi) is 5.86. The molecule has 0 unspecified atom stereocenters. The molecular formula is C20H20N2O3S. The van der Waals surface area contributed by atoms with Crippen LogP contribution in [-0.4, -0.2) is 24.1 Å². The molecule has 1 heterocycles. The number of hydrogen-bond acceptors (Lipinski definition) is 5. The maximum absolute atomic E-state index is 12.3. The summed E-state index contributed by atoms with van der Waals surface area (Å²) < 4.78 is 10.9. The molecular weight excluding hydrogens is 348 g/mol. The predicted molar refractivity (Wildman–Crippen MR) is 102 cm³/mol. The number of carbonyl (C=O) groups is 1. The van der Waals surface area contributed by atoms with Gasteiger partial charge < -0.3 is 14.8 Å². The third-order valence-corrected chi connectivity index (χ3v) is 4.70.